The Labute approximate surface area is 196 Å². The SMILES string of the molecule is Fc1ccc(/C=N/Nc2nc(Cl)cc(Nc3cccc(OC(F)(F)C(F)F)c3)n2)cc1C(F)(F)F. The highest BCUT2D eigenvalue weighted by Crippen LogP contribution is 2.32. The quantitative estimate of drug-likeness (QED) is 0.148. The molecule has 1 aromatic heterocycles. The van der Waals surface area contributed by atoms with Gasteiger partial charge in [0.2, 0.25) is 5.95 Å². The molecule has 0 radical (unpaired) electrons. The van der Waals surface area contributed by atoms with Crippen molar-refractivity contribution >= 4 is 35.3 Å². The van der Waals surface area contributed by atoms with E-state index in [4.69, 9.17) is 11.6 Å². The van der Waals surface area contributed by atoms with Crippen molar-refractivity contribution in [2.45, 2.75) is 18.7 Å². The summed E-state index contributed by atoms with van der Waals surface area (Å²) < 4.78 is 107. The number of benzene rings is 2. The van der Waals surface area contributed by atoms with Gasteiger partial charge in [-0.1, -0.05) is 23.7 Å². The fourth-order valence-corrected chi connectivity index (χ4v) is 2.71. The molecule has 0 bridgehead atoms. The zero-order valence-corrected chi connectivity index (χ0v) is 17.7. The van der Waals surface area contributed by atoms with Crippen molar-refractivity contribution in [2.75, 3.05) is 10.7 Å². The van der Waals surface area contributed by atoms with Crippen LogP contribution in [0.1, 0.15) is 11.1 Å². The molecule has 0 fully saturated rings. The molecule has 0 amide bonds. The van der Waals surface area contributed by atoms with E-state index in [0.29, 0.717) is 12.1 Å². The molecule has 6 nitrogen and oxygen atoms in total. The first-order chi connectivity index (χ1) is 16.3. The first-order valence-electron chi connectivity index (χ1n) is 9.26. The summed E-state index contributed by atoms with van der Waals surface area (Å²) in [5.41, 5.74) is 0.894. The largest absolute Gasteiger partial charge is 0.461 e. The van der Waals surface area contributed by atoms with Crippen LogP contribution in [0.3, 0.4) is 0 Å². The second-order valence-electron chi connectivity index (χ2n) is 6.62. The standard InChI is InChI=1S/C20H12ClF8N5O/c21-15-8-16(31-11-2-1-3-12(7-11)35-20(28,29)17(23)24)33-18(32-15)34-30-9-10-4-5-14(22)13(6-10)19(25,26)27/h1-9,17H,(H2,31,32,33,34)/b30-9+. The minimum Gasteiger partial charge on any atom is -0.428 e. The summed E-state index contributed by atoms with van der Waals surface area (Å²) in [6.45, 7) is 0. The topological polar surface area (TPSA) is 71.4 Å². The molecule has 0 unspecified atom stereocenters. The Hall–Kier alpha value is -3.68. The van der Waals surface area contributed by atoms with Crippen LogP contribution >= 0.6 is 11.6 Å². The van der Waals surface area contributed by atoms with Crippen LogP contribution in [0.4, 0.5) is 52.6 Å². The number of nitrogens with zero attached hydrogens (tertiary/aromatic N) is 3. The highest BCUT2D eigenvalue weighted by molar-refractivity contribution is 6.29. The third-order valence-electron chi connectivity index (χ3n) is 3.98. The van der Waals surface area contributed by atoms with Crippen molar-refractivity contribution in [3.63, 3.8) is 0 Å². The predicted octanol–water partition coefficient (Wildman–Crippen LogP) is 6.71. The molecule has 0 saturated carbocycles. The molecule has 2 N–H and O–H groups in total. The summed E-state index contributed by atoms with van der Waals surface area (Å²) in [5, 5.41) is 6.23. The van der Waals surface area contributed by atoms with Crippen LogP contribution in [0.25, 0.3) is 0 Å². The van der Waals surface area contributed by atoms with Gasteiger partial charge >= 0.3 is 18.7 Å². The molecular weight excluding hydrogens is 514 g/mol. The number of halogens is 9. The van der Waals surface area contributed by atoms with E-state index in [0.717, 1.165) is 24.4 Å². The molecule has 35 heavy (non-hydrogen) atoms. The number of alkyl halides is 7. The molecular formula is C20H12ClF8N5O. The summed E-state index contributed by atoms with van der Waals surface area (Å²) in [6.07, 6.45) is -12.7. The van der Waals surface area contributed by atoms with Crippen molar-refractivity contribution < 1.29 is 39.9 Å². The third-order valence-corrected chi connectivity index (χ3v) is 4.18. The second kappa shape index (κ2) is 10.3. The average Bonchev–Trinajstić information content (AvgIpc) is 2.73. The zero-order chi connectivity index (χ0) is 25.8. The lowest BCUT2D eigenvalue weighted by Gasteiger charge is -2.17. The number of anilines is 3. The van der Waals surface area contributed by atoms with Crippen molar-refractivity contribution in [3.8, 4) is 5.75 Å². The van der Waals surface area contributed by atoms with E-state index < -0.39 is 35.8 Å². The van der Waals surface area contributed by atoms with Gasteiger partial charge in [0.25, 0.3) is 0 Å². The average molecular weight is 526 g/mol. The van der Waals surface area contributed by atoms with E-state index in [1.54, 1.807) is 0 Å². The van der Waals surface area contributed by atoms with Crippen molar-refractivity contribution in [2.24, 2.45) is 5.10 Å². The van der Waals surface area contributed by atoms with Gasteiger partial charge in [-0.05, 0) is 29.8 Å². The molecule has 3 rings (SSSR count). The fraction of sp³-hybridized carbons (Fsp3) is 0.150. The lowest BCUT2D eigenvalue weighted by molar-refractivity contribution is -0.253. The number of nitrogens with one attached hydrogen (secondary N) is 2. The molecule has 0 aliphatic rings. The van der Waals surface area contributed by atoms with E-state index in [1.807, 2.05) is 0 Å². The lowest BCUT2D eigenvalue weighted by Crippen LogP contribution is -2.33. The van der Waals surface area contributed by atoms with Gasteiger partial charge in [0.15, 0.2) is 0 Å². The van der Waals surface area contributed by atoms with Crippen LogP contribution in [0.2, 0.25) is 5.15 Å². The van der Waals surface area contributed by atoms with Crippen molar-refractivity contribution in [1.82, 2.24) is 9.97 Å². The maximum atomic E-state index is 13.4. The molecule has 0 saturated heterocycles. The molecule has 186 valence electrons. The van der Waals surface area contributed by atoms with E-state index in [2.05, 4.69) is 30.5 Å². The predicted molar refractivity (Wildman–Crippen MR) is 111 cm³/mol. The van der Waals surface area contributed by atoms with Crippen molar-refractivity contribution in [1.29, 1.82) is 0 Å². The third kappa shape index (κ3) is 7.15. The summed E-state index contributed by atoms with van der Waals surface area (Å²) in [7, 11) is 0. The van der Waals surface area contributed by atoms with E-state index in [1.165, 1.54) is 18.2 Å². The number of hydrogen-bond acceptors (Lipinski definition) is 6. The lowest BCUT2D eigenvalue weighted by atomic mass is 10.1. The summed E-state index contributed by atoms with van der Waals surface area (Å²) in [6, 6.07) is 8.17. The van der Waals surface area contributed by atoms with Crippen molar-refractivity contribution in [3.05, 3.63) is 70.6 Å². The van der Waals surface area contributed by atoms with Gasteiger partial charge < -0.3 is 10.1 Å². The van der Waals surface area contributed by atoms with Crippen LogP contribution < -0.4 is 15.5 Å². The number of rotatable bonds is 8. The van der Waals surface area contributed by atoms with Crippen LogP contribution in [0.15, 0.2) is 53.6 Å². The smallest absolute Gasteiger partial charge is 0.428 e. The number of aromatic nitrogens is 2. The first-order valence-corrected chi connectivity index (χ1v) is 9.64. The zero-order valence-electron chi connectivity index (χ0n) is 16.9. The monoisotopic (exact) mass is 525 g/mol. The van der Waals surface area contributed by atoms with Crippen LogP contribution in [0, 0.1) is 5.82 Å². The van der Waals surface area contributed by atoms with Gasteiger partial charge in [0.05, 0.1) is 11.8 Å². The van der Waals surface area contributed by atoms with Crippen LogP contribution in [-0.4, -0.2) is 28.7 Å². The summed E-state index contributed by atoms with van der Waals surface area (Å²) >= 11 is 5.90. The van der Waals surface area contributed by atoms with E-state index in [9.17, 15) is 35.1 Å². The Morgan fingerprint density at radius 3 is 2.43 bits per heavy atom. The van der Waals surface area contributed by atoms with Gasteiger partial charge in [-0.15, -0.1) is 0 Å². The maximum Gasteiger partial charge on any atom is 0.461 e. The van der Waals surface area contributed by atoms with Gasteiger partial charge in [0, 0.05) is 17.8 Å². The molecule has 15 heteroatoms. The minimum atomic E-state index is -4.89. The molecule has 0 aliphatic heterocycles. The Morgan fingerprint density at radius 2 is 1.74 bits per heavy atom. The van der Waals surface area contributed by atoms with Gasteiger partial charge in [-0.2, -0.15) is 45.8 Å². The Morgan fingerprint density at radius 1 is 1.00 bits per heavy atom. The molecule has 0 atom stereocenters. The Balaban J connectivity index is 1.73. The molecule has 0 aliphatic carbocycles. The Kier molecular flexibility index (Phi) is 7.63. The number of ether oxygens (including phenoxy) is 1. The Bertz CT molecular complexity index is 1220. The van der Waals surface area contributed by atoms with Gasteiger partial charge in [-0.3, -0.25) is 0 Å². The van der Waals surface area contributed by atoms with Gasteiger partial charge in [-0.25, -0.2) is 9.82 Å². The summed E-state index contributed by atoms with van der Waals surface area (Å²) in [5.74, 6) is -2.20. The molecule has 2 aromatic carbocycles. The molecule has 1 heterocycles. The normalized spacial score (nSPS) is 12.3. The maximum absolute atomic E-state index is 13.4. The summed E-state index contributed by atoms with van der Waals surface area (Å²) in [4.78, 5) is 7.79. The van der Waals surface area contributed by atoms with Gasteiger partial charge in [0.1, 0.15) is 22.5 Å². The first kappa shape index (κ1) is 25.9. The molecule has 3 aromatic rings. The fourth-order valence-electron chi connectivity index (χ4n) is 2.52. The number of hydrogen-bond donors (Lipinski definition) is 2. The minimum absolute atomic E-state index is 0.0154. The highest BCUT2D eigenvalue weighted by Gasteiger charge is 2.44. The van der Waals surface area contributed by atoms with Crippen LogP contribution in [-0.2, 0) is 6.18 Å². The van der Waals surface area contributed by atoms with Crippen LogP contribution in [0.5, 0.6) is 5.75 Å². The molecule has 0 spiro atoms. The number of hydrazone groups is 1. The highest BCUT2D eigenvalue weighted by atomic mass is 35.5. The van der Waals surface area contributed by atoms with E-state index >= 15 is 0 Å². The van der Waals surface area contributed by atoms with E-state index in [-0.39, 0.29) is 28.2 Å². The second-order valence-corrected chi connectivity index (χ2v) is 7.01.